The minimum absolute atomic E-state index is 0.159. The van der Waals surface area contributed by atoms with Crippen molar-refractivity contribution >= 4 is 15.9 Å². The number of benzene rings is 1. The highest BCUT2D eigenvalue weighted by atomic mass is 79.9. The Hall–Kier alpha value is -0.810. The topological polar surface area (TPSA) is 23.8 Å². The van der Waals surface area contributed by atoms with Gasteiger partial charge in [-0.05, 0) is 43.0 Å². The first-order valence-electron chi connectivity index (χ1n) is 4.36. The van der Waals surface area contributed by atoms with Crippen molar-refractivity contribution in [1.82, 2.24) is 0 Å². The summed E-state index contributed by atoms with van der Waals surface area (Å²) in [4.78, 5) is 0. The molecule has 1 aromatic carbocycles. The molecule has 1 saturated carbocycles. The van der Waals surface area contributed by atoms with E-state index in [-0.39, 0.29) is 5.41 Å². The number of nitriles is 1. The van der Waals surface area contributed by atoms with Gasteiger partial charge < -0.3 is 0 Å². The molecule has 0 unspecified atom stereocenters. The van der Waals surface area contributed by atoms with Gasteiger partial charge in [-0.15, -0.1) is 0 Å². The minimum Gasteiger partial charge on any atom is -0.197 e. The van der Waals surface area contributed by atoms with Crippen molar-refractivity contribution in [3.05, 3.63) is 33.8 Å². The van der Waals surface area contributed by atoms with Crippen LogP contribution in [0.15, 0.2) is 22.7 Å². The highest BCUT2D eigenvalue weighted by Gasteiger charge is 2.45. The van der Waals surface area contributed by atoms with E-state index in [1.165, 1.54) is 11.1 Å². The molecule has 0 bridgehead atoms. The van der Waals surface area contributed by atoms with E-state index >= 15 is 0 Å². The van der Waals surface area contributed by atoms with Gasteiger partial charge in [-0.25, -0.2) is 0 Å². The molecule has 0 amide bonds. The van der Waals surface area contributed by atoms with Gasteiger partial charge in [0, 0.05) is 4.47 Å². The molecule has 0 aliphatic heterocycles. The second-order valence-electron chi connectivity index (χ2n) is 3.65. The van der Waals surface area contributed by atoms with E-state index in [2.05, 4.69) is 41.1 Å². The maximum Gasteiger partial charge on any atom is 0.0826 e. The zero-order valence-corrected chi connectivity index (χ0v) is 9.06. The Kier molecular flexibility index (Phi) is 1.92. The average molecular weight is 236 g/mol. The fourth-order valence-electron chi connectivity index (χ4n) is 1.68. The lowest BCUT2D eigenvalue weighted by Gasteiger charge is -2.10. The van der Waals surface area contributed by atoms with Crippen molar-refractivity contribution in [3.8, 4) is 6.07 Å². The largest absolute Gasteiger partial charge is 0.197 e. The van der Waals surface area contributed by atoms with Crippen LogP contribution >= 0.6 is 15.9 Å². The maximum absolute atomic E-state index is 9.06. The Morgan fingerprint density at radius 2 is 2.15 bits per heavy atom. The molecule has 0 spiro atoms. The molecule has 1 aromatic rings. The average Bonchev–Trinajstić information content (AvgIpc) is 2.90. The molecule has 1 fully saturated rings. The predicted octanol–water partition coefficient (Wildman–Crippen LogP) is 3.31. The van der Waals surface area contributed by atoms with Crippen molar-refractivity contribution in [2.24, 2.45) is 0 Å². The molecule has 0 radical (unpaired) electrons. The van der Waals surface area contributed by atoms with Crippen LogP contribution in [0, 0.1) is 18.3 Å². The smallest absolute Gasteiger partial charge is 0.0826 e. The summed E-state index contributed by atoms with van der Waals surface area (Å²) in [5.41, 5.74) is 2.26. The monoisotopic (exact) mass is 235 g/mol. The molecular weight excluding hydrogens is 226 g/mol. The summed E-state index contributed by atoms with van der Waals surface area (Å²) in [7, 11) is 0. The zero-order valence-electron chi connectivity index (χ0n) is 7.47. The Morgan fingerprint density at radius 3 is 2.69 bits per heavy atom. The molecule has 0 atom stereocenters. The van der Waals surface area contributed by atoms with Crippen LogP contribution in [-0.4, -0.2) is 0 Å². The normalized spacial score (nSPS) is 17.9. The number of hydrogen-bond acceptors (Lipinski definition) is 1. The van der Waals surface area contributed by atoms with E-state index in [4.69, 9.17) is 5.26 Å². The van der Waals surface area contributed by atoms with Crippen LogP contribution < -0.4 is 0 Å². The first-order valence-corrected chi connectivity index (χ1v) is 5.15. The van der Waals surface area contributed by atoms with E-state index in [0.717, 1.165) is 17.3 Å². The van der Waals surface area contributed by atoms with Gasteiger partial charge >= 0.3 is 0 Å². The Balaban J connectivity index is 2.52. The third kappa shape index (κ3) is 1.38. The third-order valence-corrected chi connectivity index (χ3v) is 3.17. The number of halogens is 1. The summed E-state index contributed by atoms with van der Waals surface area (Å²) in [5, 5.41) is 9.06. The van der Waals surface area contributed by atoms with Crippen LogP contribution in [0.25, 0.3) is 0 Å². The first kappa shape index (κ1) is 8.77. The van der Waals surface area contributed by atoms with Gasteiger partial charge in [0.15, 0.2) is 0 Å². The molecule has 1 aliphatic rings. The van der Waals surface area contributed by atoms with E-state index < -0.39 is 0 Å². The summed E-state index contributed by atoms with van der Waals surface area (Å²) < 4.78 is 1.06. The fraction of sp³-hybridized carbons (Fsp3) is 0.364. The molecule has 2 heteroatoms. The molecule has 1 nitrogen and oxygen atoms in total. The van der Waals surface area contributed by atoms with Crippen LogP contribution in [0.3, 0.4) is 0 Å². The van der Waals surface area contributed by atoms with Gasteiger partial charge in [0.05, 0.1) is 11.5 Å². The van der Waals surface area contributed by atoms with Crippen molar-refractivity contribution in [3.63, 3.8) is 0 Å². The summed E-state index contributed by atoms with van der Waals surface area (Å²) in [5.74, 6) is 0. The number of rotatable bonds is 1. The first-order chi connectivity index (χ1) is 6.18. The number of aryl methyl sites for hydroxylation is 1. The number of nitrogens with zero attached hydrogens (tertiary/aromatic N) is 1. The lowest BCUT2D eigenvalue weighted by molar-refractivity contribution is 0.894. The zero-order chi connectivity index (χ0) is 9.47. The van der Waals surface area contributed by atoms with Crippen LogP contribution in [0.5, 0.6) is 0 Å². The van der Waals surface area contributed by atoms with Crippen LogP contribution in [0.2, 0.25) is 0 Å². The second kappa shape index (κ2) is 2.85. The van der Waals surface area contributed by atoms with E-state index in [1.54, 1.807) is 0 Å². The van der Waals surface area contributed by atoms with Gasteiger partial charge in [0.2, 0.25) is 0 Å². The van der Waals surface area contributed by atoms with E-state index in [9.17, 15) is 0 Å². The molecule has 13 heavy (non-hydrogen) atoms. The van der Waals surface area contributed by atoms with Crippen molar-refractivity contribution in [2.45, 2.75) is 25.2 Å². The van der Waals surface area contributed by atoms with Crippen molar-refractivity contribution in [1.29, 1.82) is 5.26 Å². The SMILES string of the molecule is Cc1ccc(Br)cc1C1(C#N)CC1. The highest BCUT2D eigenvalue weighted by Crippen LogP contribution is 2.49. The van der Waals surface area contributed by atoms with Gasteiger partial charge in [-0.3, -0.25) is 0 Å². The molecular formula is C11H10BrN. The lowest BCUT2D eigenvalue weighted by Crippen LogP contribution is -2.04. The maximum atomic E-state index is 9.06. The molecule has 1 aliphatic carbocycles. The third-order valence-electron chi connectivity index (χ3n) is 2.68. The van der Waals surface area contributed by atoms with Crippen LogP contribution in [0.4, 0.5) is 0 Å². The van der Waals surface area contributed by atoms with Crippen molar-refractivity contribution in [2.75, 3.05) is 0 Å². The van der Waals surface area contributed by atoms with Gasteiger partial charge in [0.1, 0.15) is 0 Å². The lowest BCUT2D eigenvalue weighted by atomic mass is 9.93. The fourth-order valence-corrected chi connectivity index (χ4v) is 2.04. The van der Waals surface area contributed by atoms with E-state index in [0.29, 0.717) is 0 Å². The van der Waals surface area contributed by atoms with Gasteiger partial charge in [-0.2, -0.15) is 5.26 Å². The molecule has 0 aromatic heterocycles. The number of hydrogen-bond donors (Lipinski definition) is 0. The summed E-state index contributed by atoms with van der Waals surface area (Å²) in [6.45, 7) is 2.07. The summed E-state index contributed by atoms with van der Waals surface area (Å²) in [6.07, 6.45) is 2.03. The Labute approximate surface area is 86.5 Å². The molecule has 0 heterocycles. The minimum atomic E-state index is -0.159. The van der Waals surface area contributed by atoms with Crippen molar-refractivity contribution < 1.29 is 0 Å². The van der Waals surface area contributed by atoms with Crippen LogP contribution in [-0.2, 0) is 5.41 Å². The standard InChI is InChI=1S/C11H10BrN/c1-8-2-3-9(12)6-10(8)11(7-13)4-5-11/h2-3,6H,4-5H2,1H3. The molecule has 66 valence electrons. The van der Waals surface area contributed by atoms with E-state index in [1.807, 2.05) is 6.07 Å². The van der Waals surface area contributed by atoms with Crippen LogP contribution in [0.1, 0.15) is 24.0 Å². The quantitative estimate of drug-likeness (QED) is 0.733. The summed E-state index contributed by atoms with van der Waals surface area (Å²) >= 11 is 3.44. The summed E-state index contributed by atoms with van der Waals surface area (Å²) in [6, 6.07) is 8.58. The van der Waals surface area contributed by atoms with Gasteiger partial charge in [0.25, 0.3) is 0 Å². The Morgan fingerprint density at radius 1 is 1.46 bits per heavy atom. The van der Waals surface area contributed by atoms with Gasteiger partial charge in [-0.1, -0.05) is 22.0 Å². The molecule has 2 rings (SSSR count). The highest BCUT2D eigenvalue weighted by molar-refractivity contribution is 9.10. The molecule has 0 N–H and O–H groups in total. The Bertz CT molecular complexity index is 386. The molecule has 0 saturated heterocycles. The second-order valence-corrected chi connectivity index (χ2v) is 4.57. The predicted molar refractivity (Wildman–Crippen MR) is 55.4 cm³/mol.